The van der Waals surface area contributed by atoms with Crippen LogP contribution in [0.15, 0.2) is 12.1 Å². The summed E-state index contributed by atoms with van der Waals surface area (Å²) >= 11 is 0. The number of alkyl halides is 3. The van der Waals surface area contributed by atoms with Crippen LogP contribution < -0.4 is 4.90 Å². The highest BCUT2D eigenvalue weighted by Crippen LogP contribution is 2.34. The van der Waals surface area contributed by atoms with Crippen molar-refractivity contribution in [2.45, 2.75) is 45.4 Å². The van der Waals surface area contributed by atoms with Gasteiger partial charge < -0.3 is 10.0 Å². The van der Waals surface area contributed by atoms with Crippen LogP contribution in [-0.4, -0.2) is 29.4 Å². The number of aromatic nitrogens is 1. The molecular formula is C15H21F3N2O. The van der Waals surface area contributed by atoms with Crippen LogP contribution >= 0.6 is 0 Å². The number of hydrogen-bond acceptors (Lipinski definition) is 3. The number of aliphatic hydroxyl groups excluding tert-OH is 1. The largest absolute Gasteiger partial charge is 0.393 e. The van der Waals surface area contributed by atoms with Crippen LogP contribution in [0.2, 0.25) is 0 Å². The van der Waals surface area contributed by atoms with Crippen LogP contribution in [0.25, 0.3) is 0 Å². The van der Waals surface area contributed by atoms with Gasteiger partial charge in [0.05, 0.1) is 12.5 Å². The van der Waals surface area contributed by atoms with Gasteiger partial charge in [0.25, 0.3) is 0 Å². The van der Waals surface area contributed by atoms with E-state index in [1.54, 1.807) is 11.0 Å². The van der Waals surface area contributed by atoms with Crippen molar-refractivity contribution in [1.82, 2.24) is 4.98 Å². The topological polar surface area (TPSA) is 36.4 Å². The molecule has 0 amide bonds. The molecule has 1 aliphatic heterocycles. The number of piperidine rings is 1. The van der Waals surface area contributed by atoms with Gasteiger partial charge in [0.15, 0.2) is 0 Å². The van der Waals surface area contributed by atoms with Gasteiger partial charge in [-0.15, -0.1) is 0 Å². The van der Waals surface area contributed by atoms with Crippen molar-refractivity contribution >= 4 is 5.82 Å². The Morgan fingerprint density at radius 1 is 1.38 bits per heavy atom. The Bertz CT molecular complexity index is 476. The molecule has 2 rings (SSSR count). The molecule has 1 unspecified atom stereocenters. The van der Waals surface area contributed by atoms with Gasteiger partial charge in [0.2, 0.25) is 0 Å². The third-order valence-electron chi connectivity index (χ3n) is 3.82. The fourth-order valence-corrected chi connectivity index (χ4v) is 2.72. The molecule has 1 saturated heterocycles. The third-order valence-corrected chi connectivity index (χ3v) is 3.82. The fourth-order valence-electron chi connectivity index (χ4n) is 2.72. The lowest BCUT2D eigenvalue weighted by molar-refractivity contribution is -0.176. The number of anilines is 1. The molecule has 0 spiro atoms. The number of nitrogens with zero attached hydrogens (tertiary/aromatic N) is 2. The Labute approximate surface area is 122 Å². The lowest BCUT2D eigenvalue weighted by Gasteiger charge is -2.34. The van der Waals surface area contributed by atoms with Crippen molar-refractivity contribution in [3.8, 4) is 0 Å². The first-order chi connectivity index (χ1) is 9.94. The first-order valence-corrected chi connectivity index (χ1v) is 7.36. The number of halogens is 3. The summed E-state index contributed by atoms with van der Waals surface area (Å²) in [4.78, 5) is 6.15. The molecule has 1 aliphatic rings. The third kappa shape index (κ3) is 4.09. The van der Waals surface area contributed by atoms with Crippen LogP contribution in [0.1, 0.15) is 37.4 Å². The number of aryl methyl sites for hydroxylation is 1. The molecule has 1 N–H and O–H groups in total. The summed E-state index contributed by atoms with van der Waals surface area (Å²) in [6.45, 7) is 2.44. The van der Waals surface area contributed by atoms with Crippen molar-refractivity contribution < 1.29 is 18.3 Å². The molecule has 118 valence electrons. The second-order valence-corrected chi connectivity index (χ2v) is 5.56. The Morgan fingerprint density at radius 2 is 2.14 bits per heavy atom. The lowest BCUT2D eigenvalue weighted by atomic mass is 9.97. The highest BCUT2D eigenvalue weighted by atomic mass is 19.4. The minimum atomic E-state index is -4.15. The van der Waals surface area contributed by atoms with E-state index in [9.17, 15) is 18.3 Å². The van der Waals surface area contributed by atoms with Crippen LogP contribution in [0.3, 0.4) is 0 Å². The molecule has 0 radical (unpaired) electrons. The molecule has 1 aromatic rings. The van der Waals surface area contributed by atoms with Crippen molar-refractivity contribution in [2.75, 3.05) is 18.0 Å². The van der Waals surface area contributed by atoms with E-state index >= 15 is 0 Å². The quantitative estimate of drug-likeness (QED) is 0.927. The Balaban J connectivity index is 2.21. The van der Waals surface area contributed by atoms with E-state index in [-0.39, 0.29) is 19.6 Å². The highest BCUT2D eigenvalue weighted by Gasteiger charge is 2.42. The maximum Gasteiger partial charge on any atom is 0.393 e. The lowest BCUT2D eigenvalue weighted by Crippen LogP contribution is -2.42. The summed E-state index contributed by atoms with van der Waals surface area (Å²) in [5.74, 6) is -0.737. The first kappa shape index (κ1) is 16.1. The zero-order chi connectivity index (χ0) is 15.5. The summed E-state index contributed by atoms with van der Waals surface area (Å²) in [7, 11) is 0. The second-order valence-electron chi connectivity index (χ2n) is 5.56. The van der Waals surface area contributed by atoms with E-state index in [0.29, 0.717) is 24.3 Å². The van der Waals surface area contributed by atoms with E-state index in [2.05, 4.69) is 4.98 Å². The first-order valence-electron chi connectivity index (χ1n) is 7.36. The fraction of sp³-hybridized carbons (Fsp3) is 0.667. The van der Waals surface area contributed by atoms with Crippen LogP contribution in [0, 0.1) is 5.92 Å². The van der Waals surface area contributed by atoms with Gasteiger partial charge >= 0.3 is 6.18 Å². The number of aliphatic hydroxyl groups is 1. The van der Waals surface area contributed by atoms with Gasteiger partial charge in [-0.1, -0.05) is 13.3 Å². The predicted octanol–water partition coefficient (Wildman–Crippen LogP) is 3.31. The van der Waals surface area contributed by atoms with Gasteiger partial charge in [0.1, 0.15) is 5.82 Å². The standard InChI is InChI=1S/C15H21F3N2O/c1-2-4-13-7-11(10-21)8-14(19-13)20-6-3-5-12(9-20)15(16,17)18/h7-8,12,21H,2-6,9-10H2,1H3. The van der Waals surface area contributed by atoms with Gasteiger partial charge in [-0.05, 0) is 37.0 Å². The minimum absolute atomic E-state index is 0.0447. The summed E-state index contributed by atoms with van der Waals surface area (Å²) in [6, 6.07) is 3.51. The number of pyridine rings is 1. The summed E-state index contributed by atoms with van der Waals surface area (Å²) in [5, 5.41) is 9.31. The molecule has 3 nitrogen and oxygen atoms in total. The van der Waals surface area contributed by atoms with Crippen LogP contribution in [0.5, 0.6) is 0 Å². The maximum atomic E-state index is 12.9. The second kappa shape index (κ2) is 6.64. The molecule has 0 saturated carbocycles. The van der Waals surface area contributed by atoms with Crippen molar-refractivity contribution in [3.05, 3.63) is 23.4 Å². The van der Waals surface area contributed by atoms with E-state index in [0.717, 1.165) is 18.5 Å². The van der Waals surface area contributed by atoms with Crippen molar-refractivity contribution in [2.24, 2.45) is 5.92 Å². The molecule has 0 bridgehead atoms. The molecule has 0 aliphatic carbocycles. The minimum Gasteiger partial charge on any atom is -0.392 e. The molecule has 6 heteroatoms. The average Bonchev–Trinajstić information content (AvgIpc) is 2.46. The van der Waals surface area contributed by atoms with E-state index in [1.165, 1.54) is 0 Å². The molecule has 1 atom stereocenters. The molecule has 0 aromatic carbocycles. The van der Waals surface area contributed by atoms with Gasteiger partial charge in [-0.2, -0.15) is 13.2 Å². The zero-order valence-corrected chi connectivity index (χ0v) is 12.2. The predicted molar refractivity (Wildman–Crippen MR) is 75.1 cm³/mol. The summed E-state index contributed by atoms with van der Waals surface area (Å²) in [6.07, 6.45) is -1.79. The number of rotatable bonds is 4. The summed E-state index contributed by atoms with van der Waals surface area (Å²) in [5.41, 5.74) is 1.53. The normalized spacial score (nSPS) is 19.9. The molecule has 1 fully saturated rings. The Morgan fingerprint density at radius 3 is 2.76 bits per heavy atom. The van der Waals surface area contributed by atoms with Crippen LogP contribution in [-0.2, 0) is 13.0 Å². The number of hydrogen-bond donors (Lipinski definition) is 1. The van der Waals surface area contributed by atoms with Gasteiger partial charge in [-0.3, -0.25) is 0 Å². The summed E-state index contributed by atoms with van der Waals surface area (Å²) < 4.78 is 38.7. The zero-order valence-electron chi connectivity index (χ0n) is 12.2. The van der Waals surface area contributed by atoms with Crippen LogP contribution in [0.4, 0.5) is 19.0 Å². The van der Waals surface area contributed by atoms with E-state index in [1.807, 2.05) is 13.0 Å². The smallest absolute Gasteiger partial charge is 0.392 e. The Hall–Kier alpha value is -1.30. The van der Waals surface area contributed by atoms with E-state index < -0.39 is 12.1 Å². The average molecular weight is 302 g/mol. The van der Waals surface area contributed by atoms with Crippen molar-refractivity contribution in [3.63, 3.8) is 0 Å². The monoisotopic (exact) mass is 302 g/mol. The highest BCUT2D eigenvalue weighted by molar-refractivity contribution is 5.43. The molecule has 2 heterocycles. The molecule has 1 aromatic heterocycles. The maximum absolute atomic E-state index is 12.9. The molecular weight excluding hydrogens is 281 g/mol. The van der Waals surface area contributed by atoms with Crippen molar-refractivity contribution in [1.29, 1.82) is 0 Å². The molecule has 21 heavy (non-hydrogen) atoms. The Kier molecular flexibility index (Phi) is 5.08. The SMILES string of the molecule is CCCc1cc(CO)cc(N2CCCC(C(F)(F)F)C2)n1. The van der Waals surface area contributed by atoms with Gasteiger partial charge in [-0.25, -0.2) is 4.98 Å². The van der Waals surface area contributed by atoms with Gasteiger partial charge in [0, 0.05) is 18.8 Å². The van der Waals surface area contributed by atoms with E-state index in [4.69, 9.17) is 0 Å².